The first-order valence-corrected chi connectivity index (χ1v) is 6.39. The van der Waals surface area contributed by atoms with Crippen LogP contribution in [0.1, 0.15) is 13.8 Å². The molecule has 0 radical (unpaired) electrons. The van der Waals surface area contributed by atoms with Crippen molar-refractivity contribution >= 4 is 40.6 Å². The number of nitrogens with zero attached hydrogens (tertiary/aromatic N) is 2. The fourth-order valence-electron chi connectivity index (χ4n) is 1.23. The third-order valence-electron chi connectivity index (χ3n) is 2.11. The Labute approximate surface area is 117 Å². The van der Waals surface area contributed by atoms with Crippen LogP contribution in [0.3, 0.4) is 0 Å². The van der Waals surface area contributed by atoms with E-state index in [1.165, 1.54) is 0 Å². The molecule has 0 spiro atoms. The van der Waals surface area contributed by atoms with Gasteiger partial charge in [0.2, 0.25) is 0 Å². The van der Waals surface area contributed by atoms with Crippen LogP contribution in [0, 0.1) is 0 Å². The van der Waals surface area contributed by atoms with Crippen LogP contribution in [-0.2, 0) is 4.74 Å². The van der Waals surface area contributed by atoms with Gasteiger partial charge in [-0.25, -0.2) is 4.98 Å². The van der Waals surface area contributed by atoms with Crippen molar-refractivity contribution in [3.05, 3.63) is 21.3 Å². The zero-order chi connectivity index (χ0) is 13.0. The Morgan fingerprint density at radius 1 is 1.29 bits per heavy atom. The molecule has 1 aromatic rings. The number of anilines is 1. The molecule has 1 aromatic heterocycles. The lowest BCUT2D eigenvalue weighted by Gasteiger charge is -2.20. The van der Waals surface area contributed by atoms with E-state index in [1.807, 2.05) is 25.8 Å². The molecule has 1 rings (SSSR count). The van der Waals surface area contributed by atoms with E-state index in [-0.39, 0.29) is 11.3 Å². The van der Waals surface area contributed by atoms with E-state index in [4.69, 9.17) is 39.5 Å². The van der Waals surface area contributed by atoms with Gasteiger partial charge in [-0.2, -0.15) is 0 Å². The molecule has 0 bridgehead atoms. The summed E-state index contributed by atoms with van der Waals surface area (Å²) in [6, 6.07) is 1.59. The van der Waals surface area contributed by atoms with E-state index >= 15 is 0 Å². The SMILES string of the molecule is CC(C)OCCN(C)c1nc(Cl)c(Cl)cc1Cl. The summed E-state index contributed by atoms with van der Waals surface area (Å²) in [4.78, 5) is 6.02. The molecular weight excluding hydrogens is 282 g/mol. The summed E-state index contributed by atoms with van der Waals surface area (Å²) < 4.78 is 5.46. The number of aromatic nitrogens is 1. The fraction of sp³-hybridized carbons (Fsp3) is 0.545. The van der Waals surface area contributed by atoms with Crippen molar-refractivity contribution in [2.45, 2.75) is 20.0 Å². The van der Waals surface area contributed by atoms with Crippen molar-refractivity contribution in [3.63, 3.8) is 0 Å². The molecular formula is C11H15Cl3N2O. The average Bonchev–Trinajstić information content (AvgIpc) is 2.22. The monoisotopic (exact) mass is 296 g/mol. The number of pyridine rings is 1. The largest absolute Gasteiger partial charge is 0.377 e. The van der Waals surface area contributed by atoms with Gasteiger partial charge in [-0.1, -0.05) is 34.8 Å². The summed E-state index contributed by atoms with van der Waals surface area (Å²) in [6.45, 7) is 5.27. The molecule has 0 aliphatic carbocycles. The van der Waals surface area contributed by atoms with Crippen LogP contribution in [0.2, 0.25) is 15.2 Å². The number of halogens is 3. The number of rotatable bonds is 5. The Balaban J connectivity index is 2.68. The Hall–Kier alpha value is -0.220. The highest BCUT2D eigenvalue weighted by Gasteiger charge is 2.11. The summed E-state index contributed by atoms with van der Waals surface area (Å²) in [6.07, 6.45) is 0.209. The third-order valence-corrected chi connectivity index (χ3v) is 3.06. The first kappa shape index (κ1) is 14.8. The number of hydrogen-bond donors (Lipinski definition) is 0. The second-order valence-electron chi connectivity index (χ2n) is 3.91. The van der Waals surface area contributed by atoms with Crippen LogP contribution in [-0.4, -0.2) is 31.3 Å². The molecule has 0 atom stereocenters. The molecule has 0 aliphatic rings. The van der Waals surface area contributed by atoms with E-state index in [0.717, 1.165) is 0 Å². The predicted molar refractivity (Wildman–Crippen MR) is 73.6 cm³/mol. The highest BCUT2D eigenvalue weighted by Crippen LogP contribution is 2.30. The Morgan fingerprint density at radius 2 is 1.94 bits per heavy atom. The molecule has 17 heavy (non-hydrogen) atoms. The molecule has 3 nitrogen and oxygen atoms in total. The summed E-state index contributed by atoms with van der Waals surface area (Å²) >= 11 is 17.7. The maximum atomic E-state index is 6.05. The summed E-state index contributed by atoms with van der Waals surface area (Å²) in [5.74, 6) is 0.605. The van der Waals surface area contributed by atoms with Crippen molar-refractivity contribution in [2.75, 3.05) is 25.1 Å². The van der Waals surface area contributed by atoms with Crippen molar-refractivity contribution in [1.82, 2.24) is 4.98 Å². The van der Waals surface area contributed by atoms with Gasteiger partial charge in [0.25, 0.3) is 0 Å². The lowest BCUT2D eigenvalue weighted by atomic mass is 10.4. The molecule has 0 aliphatic heterocycles. The fourth-order valence-corrected chi connectivity index (χ4v) is 1.87. The number of ether oxygens (including phenoxy) is 1. The first-order chi connectivity index (χ1) is 7.91. The maximum absolute atomic E-state index is 6.05. The minimum Gasteiger partial charge on any atom is -0.377 e. The van der Waals surface area contributed by atoms with Crippen LogP contribution in [0.5, 0.6) is 0 Å². The van der Waals surface area contributed by atoms with Crippen molar-refractivity contribution in [2.24, 2.45) is 0 Å². The molecule has 0 saturated carbocycles. The van der Waals surface area contributed by atoms with Crippen molar-refractivity contribution in [3.8, 4) is 0 Å². The predicted octanol–water partition coefficient (Wildman–Crippen LogP) is 3.90. The molecule has 0 amide bonds. The second-order valence-corrected chi connectivity index (χ2v) is 5.08. The Kier molecular flexibility index (Phi) is 5.80. The van der Waals surface area contributed by atoms with Gasteiger partial charge in [0.05, 0.1) is 22.8 Å². The first-order valence-electron chi connectivity index (χ1n) is 5.26. The van der Waals surface area contributed by atoms with Gasteiger partial charge >= 0.3 is 0 Å². The molecule has 0 fully saturated rings. The Bertz CT molecular complexity index is 385. The molecule has 0 saturated heterocycles. The smallest absolute Gasteiger partial charge is 0.150 e. The van der Waals surface area contributed by atoms with E-state index in [9.17, 15) is 0 Å². The highest BCUT2D eigenvalue weighted by molar-refractivity contribution is 6.42. The van der Waals surface area contributed by atoms with Crippen LogP contribution >= 0.6 is 34.8 Å². The van der Waals surface area contributed by atoms with Gasteiger partial charge in [0.15, 0.2) is 0 Å². The van der Waals surface area contributed by atoms with Crippen LogP contribution < -0.4 is 4.90 Å². The Morgan fingerprint density at radius 3 is 2.53 bits per heavy atom. The van der Waals surface area contributed by atoms with Crippen LogP contribution in [0.4, 0.5) is 5.82 Å². The van der Waals surface area contributed by atoms with E-state index < -0.39 is 0 Å². The van der Waals surface area contributed by atoms with Gasteiger partial charge in [0.1, 0.15) is 11.0 Å². The zero-order valence-electron chi connectivity index (χ0n) is 10.0. The minimum atomic E-state index is 0.209. The van der Waals surface area contributed by atoms with Crippen LogP contribution in [0.15, 0.2) is 6.07 Å². The average molecular weight is 298 g/mol. The molecule has 0 aromatic carbocycles. The highest BCUT2D eigenvalue weighted by atomic mass is 35.5. The normalized spacial score (nSPS) is 11.0. The minimum absolute atomic E-state index is 0.209. The lowest BCUT2D eigenvalue weighted by molar-refractivity contribution is 0.0845. The van der Waals surface area contributed by atoms with Crippen molar-refractivity contribution < 1.29 is 4.74 Å². The molecule has 0 N–H and O–H groups in total. The van der Waals surface area contributed by atoms with E-state index in [1.54, 1.807) is 6.07 Å². The molecule has 1 heterocycles. The standard InChI is InChI=1S/C11H15Cl3N2O/c1-7(2)17-5-4-16(3)11-9(13)6-8(12)10(14)15-11/h6-7H,4-5H2,1-3H3. The third kappa shape index (κ3) is 4.51. The molecule has 96 valence electrons. The number of hydrogen-bond acceptors (Lipinski definition) is 3. The summed E-state index contributed by atoms with van der Waals surface area (Å²) in [5, 5.41) is 1.08. The van der Waals surface area contributed by atoms with Gasteiger partial charge in [-0.3, -0.25) is 0 Å². The second kappa shape index (κ2) is 6.64. The quantitative estimate of drug-likeness (QED) is 0.771. The van der Waals surface area contributed by atoms with E-state index in [0.29, 0.717) is 29.0 Å². The zero-order valence-corrected chi connectivity index (χ0v) is 12.3. The van der Waals surface area contributed by atoms with Gasteiger partial charge in [-0.15, -0.1) is 0 Å². The lowest BCUT2D eigenvalue weighted by Crippen LogP contribution is -2.25. The molecule has 0 unspecified atom stereocenters. The van der Waals surface area contributed by atoms with Gasteiger partial charge in [0, 0.05) is 13.6 Å². The van der Waals surface area contributed by atoms with Crippen LogP contribution in [0.25, 0.3) is 0 Å². The maximum Gasteiger partial charge on any atom is 0.150 e. The topological polar surface area (TPSA) is 25.4 Å². The van der Waals surface area contributed by atoms with Gasteiger partial charge in [-0.05, 0) is 19.9 Å². The van der Waals surface area contributed by atoms with Gasteiger partial charge < -0.3 is 9.64 Å². The summed E-state index contributed by atoms with van der Waals surface area (Å²) in [5.41, 5.74) is 0. The molecule has 6 heteroatoms. The number of likely N-dealkylation sites (N-methyl/N-ethyl adjacent to an activating group) is 1. The van der Waals surface area contributed by atoms with Crippen molar-refractivity contribution in [1.29, 1.82) is 0 Å². The van der Waals surface area contributed by atoms with E-state index in [2.05, 4.69) is 4.98 Å². The summed E-state index contributed by atoms with van der Waals surface area (Å²) in [7, 11) is 1.88.